The number of nitrogens with zero attached hydrogens (tertiary/aromatic N) is 4. The molecule has 3 fully saturated rings. The van der Waals surface area contributed by atoms with E-state index in [1.807, 2.05) is 4.90 Å². The third-order valence-electron chi connectivity index (χ3n) is 5.14. The minimum atomic E-state index is -0.218. The highest BCUT2D eigenvalue weighted by molar-refractivity contribution is 14.0. The average molecular weight is 481 g/mol. The van der Waals surface area contributed by atoms with Gasteiger partial charge in [0.05, 0.1) is 12.7 Å². The number of hydrogen-bond acceptors (Lipinski definition) is 5. The summed E-state index contributed by atoms with van der Waals surface area (Å²) in [7, 11) is 3.93. The first-order valence-corrected chi connectivity index (χ1v) is 9.33. The van der Waals surface area contributed by atoms with Crippen LogP contribution < -0.4 is 5.32 Å². The number of likely N-dealkylation sites (N-methyl/N-ethyl adjacent to an activating group) is 1. The maximum Gasteiger partial charge on any atom is 0.251 e. The van der Waals surface area contributed by atoms with Gasteiger partial charge in [-0.3, -0.25) is 9.79 Å². The number of carbonyl (C=O) groups is 1. The number of morpholine rings is 1. The van der Waals surface area contributed by atoms with Crippen LogP contribution in [0.2, 0.25) is 0 Å². The molecule has 2 unspecified atom stereocenters. The van der Waals surface area contributed by atoms with E-state index in [2.05, 4.69) is 27.2 Å². The summed E-state index contributed by atoms with van der Waals surface area (Å²) in [6.45, 7) is 7.22. The van der Waals surface area contributed by atoms with E-state index in [1.165, 1.54) is 0 Å². The van der Waals surface area contributed by atoms with Gasteiger partial charge >= 0.3 is 0 Å². The molecule has 3 aliphatic rings. The van der Waals surface area contributed by atoms with E-state index < -0.39 is 0 Å². The van der Waals surface area contributed by atoms with Crippen molar-refractivity contribution in [2.75, 3.05) is 73.1 Å². The second-order valence-corrected chi connectivity index (χ2v) is 7.00. The Balaban J connectivity index is 0.00000243. The molecule has 0 aliphatic carbocycles. The number of nitrogens with one attached hydrogen (secondary N) is 1. The second kappa shape index (κ2) is 10.6. The fraction of sp³-hybridized carbons (Fsp3) is 0.882. The SMILES string of the molecule is CN=C(NCC1CN(C)CCO1)N1CCN(C(=O)C2CCCO2)CC1.I. The number of rotatable bonds is 3. The lowest BCUT2D eigenvalue weighted by Gasteiger charge is -2.38. The van der Waals surface area contributed by atoms with Crippen molar-refractivity contribution in [3.05, 3.63) is 0 Å². The van der Waals surface area contributed by atoms with Gasteiger partial charge in [-0.1, -0.05) is 0 Å². The van der Waals surface area contributed by atoms with Gasteiger partial charge in [0.15, 0.2) is 5.96 Å². The van der Waals surface area contributed by atoms with E-state index in [9.17, 15) is 4.79 Å². The summed E-state index contributed by atoms with van der Waals surface area (Å²) in [6.07, 6.45) is 1.83. The van der Waals surface area contributed by atoms with E-state index in [0.717, 1.165) is 71.2 Å². The van der Waals surface area contributed by atoms with E-state index in [1.54, 1.807) is 7.05 Å². The van der Waals surface area contributed by atoms with Crippen LogP contribution in [-0.2, 0) is 14.3 Å². The molecule has 0 aromatic rings. The predicted octanol–water partition coefficient (Wildman–Crippen LogP) is -0.166. The zero-order chi connectivity index (χ0) is 17.6. The van der Waals surface area contributed by atoms with Gasteiger partial charge in [-0.2, -0.15) is 0 Å². The standard InChI is InChI=1S/C17H31N5O3.HI/c1-18-17(19-12-14-13-20(2)9-11-24-14)22-7-5-21(6-8-22)16(23)15-4-3-10-25-15;/h14-15H,3-13H2,1-2H3,(H,18,19);1H. The zero-order valence-corrected chi connectivity index (χ0v) is 18.2. The van der Waals surface area contributed by atoms with Crippen LogP contribution in [0, 0.1) is 0 Å². The molecular weight excluding hydrogens is 449 g/mol. The lowest BCUT2D eigenvalue weighted by Crippen LogP contribution is -2.56. The van der Waals surface area contributed by atoms with E-state index in [0.29, 0.717) is 6.61 Å². The van der Waals surface area contributed by atoms with Gasteiger partial charge in [0.1, 0.15) is 6.10 Å². The van der Waals surface area contributed by atoms with Crippen molar-refractivity contribution >= 4 is 35.8 Å². The number of aliphatic imine (C=N–C) groups is 1. The Kier molecular flexibility index (Phi) is 8.85. The maximum absolute atomic E-state index is 12.4. The van der Waals surface area contributed by atoms with Gasteiger partial charge in [0.2, 0.25) is 0 Å². The van der Waals surface area contributed by atoms with Crippen molar-refractivity contribution < 1.29 is 14.3 Å². The van der Waals surface area contributed by atoms with Crippen molar-refractivity contribution in [2.24, 2.45) is 4.99 Å². The number of ether oxygens (including phenoxy) is 2. The van der Waals surface area contributed by atoms with Crippen LogP contribution in [-0.4, -0.2) is 112 Å². The van der Waals surface area contributed by atoms with Gasteiger partial charge < -0.3 is 29.5 Å². The molecule has 3 saturated heterocycles. The first kappa shape index (κ1) is 21.6. The van der Waals surface area contributed by atoms with E-state index in [4.69, 9.17) is 9.47 Å². The molecule has 2 atom stereocenters. The van der Waals surface area contributed by atoms with Gasteiger partial charge in [-0.25, -0.2) is 0 Å². The number of carbonyl (C=O) groups excluding carboxylic acids is 1. The van der Waals surface area contributed by atoms with Crippen molar-refractivity contribution in [2.45, 2.75) is 25.0 Å². The average Bonchev–Trinajstić information content (AvgIpc) is 3.17. The molecule has 0 bridgehead atoms. The minimum absolute atomic E-state index is 0. The van der Waals surface area contributed by atoms with Crippen LogP contribution >= 0.6 is 24.0 Å². The Labute approximate surface area is 173 Å². The number of amides is 1. The summed E-state index contributed by atoms with van der Waals surface area (Å²) in [5.74, 6) is 1.04. The molecule has 1 amide bonds. The van der Waals surface area contributed by atoms with E-state index in [-0.39, 0.29) is 42.1 Å². The topological polar surface area (TPSA) is 69.6 Å². The Morgan fingerprint density at radius 3 is 2.46 bits per heavy atom. The summed E-state index contributed by atoms with van der Waals surface area (Å²) in [5.41, 5.74) is 0. The van der Waals surface area contributed by atoms with Crippen LogP contribution in [0.25, 0.3) is 0 Å². The van der Waals surface area contributed by atoms with Gasteiger partial charge in [-0.05, 0) is 19.9 Å². The zero-order valence-electron chi connectivity index (χ0n) is 15.9. The van der Waals surface area contributed by atoms with Gasteiger partial charge in [0.25, 0.3) is 5.91 Å². The van der Waals surface area contributed by atoms with Crippen LogP contribution in [0.4, 0.5) is 0 Å². The van der Waals surface area contributed by atoms with Crippen molar-refractivity contribution in [1.82, 2.24) is 20.0 Å². The predicted molar refractivity (Wildman–Crippen MR) is 111 cm³/mol. The molecule has 150 valence electrons. The van der Waals surface area contributed by atoms with Crippen LogP contribution in [0.3, 0.4) is 0 Å². The summed E-state index contributed by atoms with van der Waals surface area (Å²) in [6, 6.07) is 0. The third-order valence-corrected chi connectivity index (χ3v) is 5.14. The van der Waals surface area contributed by atoms with Crippen LogP contribution in [0.15, 0.2) is 4.99 Å². The number of hydrogen-bond donors (Lipinski definition) is 1. The quantitative estimate of drug-likeness (QED) is 0.343. The molecule has 0 radical (unpaired) electrons. The highest BCUT2D eigenvalue weighted by Gasteiger charge is 2.31. The Bertz CT molecular complexity index is 479. The molecule has 3 rings (SSSR count). The lowest BCUT2D eigenvalue weighted by molar-refractivity contribution is -0.142. The van der Waals surface area contributed by atoms with Crippen LogP contribution in [0.5, 0.6) is 0 Å². The summed E-state index contributed by atoms with van der Waals surface area (Å²) >= 11 is 0. The molecule has 1 N–H and O–H groups in total. The third kappa shape index (κ3) is 5.67. The molecule has 3 aliphatic heterocycles. The normalized spacial score (nSPS) is 28.0. The summed E-state index contributed by atoms with van der Waals surface area (Å²) in [4.78, 5) is 23.3. The maximum atomic E-state index is 12.4. The highest BCUT2D eigenvalue weighted by atomic mass is 127. The minimum Gasteiger partial charge on any atom is -0.374 e. The molecule has 0 saturated carbocycles. The van der Waals surface area contributed by atoms with E-state index >= 15 is 0 Å². The summed E-state index contributed by atoms with van der Waals surface area (Å²) < 4.78 is 11.3. The molecule has 0 aromatic heterocycles. The second-order valence-electron chi connectivity index (χ2n) is 7.00. The first-order valence-electron chi connectivity index (χ1n) is 9.33. The first-order chi connectivity index (χ1) is 12.2. The Morgan fingerprint density at radius 2 is 1.85 bits per heavy atom. The smallest absolute Gasteiger partial charge is 0.251 e. The molecule has 9 heteroatoms. The van der Waals surface area contributed by atoms with Crippen LogP contribution in [0.1, 0.15) is 12.8 Å². The lowest BCUT2D eigenvalue weighted by atomic mass is 10.2. The number of guanidine groups is 1. The van der Waals surface area contributed by atoms with Crippen molar-refractivity contribution in [1.29, 1.82) is 0 Å². The van der Waals surface area contributed by atoms with Crippen molar-refractivity contribution in [3.8, 4) is 0 Å². The Hall–Kier alpha value is -0.650. The molecule has 3 heterocycles. The van der Waals surface area contributed by atoms with Gasteiger partial charge in [0, 0.05) is 59.5 Å². The Morgan fingerprint density at radius 1 is 1.12 bits per heavy atom. The van der Waals surface area contributed by atoms with Gasteiger partial charge in [-0.15, -0.1) is 24.0 Å². The fourth-order valence-electron chi connectivity index (χ4n) is 3.64. The molecule has 8 nitrogen and oxygen atoms in total. The number of halogens is 1. The molecular formula is C17H32IN5O3. The fourth-order valence-corrected chi connectivity index (χ4v) is 3.64. The van der Waals surface area contributed by atoms with Crippen molar-refractivity contribution in [3.63, 3.8) is 0 Å². The highest BCUT2D eigenvalue weighted by Crippen LogP contribution is 2.16. The molecule has 26 heavy (non-hydrogen) atoms. The monoisotopic (exact) mass is 481 g/mol. The largest absolute Gasteiger partial charge is 0.374 e. The summed E-state index contributed by atoms with van der Waals surface area (Å²) in [5, 5.41) is 3.42. The molecule has 0 spiro atoms. The molecule has 0 aromatic carbocycles. The number of piperazine rings is 1.